The molecular weight excluding hydrogens is 228 g/mol. The third-order valence-electron chi connectivity index (χ3n) is 2.31. The van der Waals surface area contributed by atoms with Gasteiger partial charge in [-0.3, -0.25) is 5.10 Å². The molecule has 2 rings (SSSR count). The molecule has 0 radical (unpaired) electrons. The Bertz CT molecular complexity index is 540. The molecule has 0 aliphatic rings. The maximum atomic E-state index is 13.8. The molecule has 6 heteroatoms. The van der Waals surface area contributed by atoms with E-state index in [4.69, 9.17) is 10.5 Å². The van der Waals surface area contributed by atoms with Crippen LogP contribution in [0.5, 0.6) is 5.75 Å². The zero-order valence-corrected chi connectivity index (χ0v) is 9.13. The Hall–Kier alpha value is -2.11. The lowest BCUT2D eigenvalue weighted by atomic mass is 10.1. The molecule has 0 bridgehead atoms. The summed E-state index contributed by atoms with van der Waals surface area (Å²) in [6.07, 6.45) is 1.34. The van der Waals surface area contributed by atoms with E-state index in [9.17, 15) is 8.78 Å². The fraction of sp³-hybridized carbons (Fsp3) is 0.182. The van der Waals surface area contributed by atoms with Gasteiger partial charge in [-0.05, 0) is 19.1 Å². The van der Waals surface area contributed by atoms with Gasteiger partial charge in [0.2, 0.25) is 5.82 Å². The lowest BCUT2D eigenvalue weighted by molar-refractivity contribution is 0.314. The van der Waals surface area contributed by atoms with Crippen LogP contribution in [0, 0.1) is 11.6 Å². The summed E-state index contributed by atoms with van der Waals surface area (Å²) in [5, 5.41) is 6.12. The molecule has 0 saturated heterocycles. The molecule has 4 nitrogen and oxygen atoms in total. The highest BCUT2D eigenvalue weighted by Gasteiger charge is 2.17. The van der Waals surface area contributed by atoms with Crippen molar-refractivity contribution < 1.29 is 13.5 Å². The number of aromatic amines is 1. The number of nitrogen functional groups attached to an aromatic ring is 1. The van der Waals surface area contributed by atoms with E-state index in [-0.39, 0.29) is 23.7 Å². The van der Waals surface area contributed by atoms with Crippen molar-refractivity contribution >= 4 is 5.82 Å². The number of benzene rings is 1. The van der Waals surface area contributed by atoms with E-state index >= 15 is 0 Å². The molecule has 0 amide bonds. The molecule has 3 N–H and O–H groups in total. The number of hydrogen-bond acceptors (Lipinski definition) is 3. The fourth-order valence-electron chi connectivity index (χ4n) is 1.52. The highest BCUT2D eigenvalue weighted by atomic mass is 19.2. The topological polar surface area (TPSA) is 63.9 Å². The Balaban J connectivity index is 2.51. The van der Waals surface area contributed by atoms with Crippen molar-refractivity contribution in [3.63, 3.8) is 0 Å². The standard InChI is InChI=1S/C11H11F2N3O/c1-2-17-8-4-3-6(9(12)10(8)13)7-5-15-16-11(7)14/h3-5H,2H2,1H3,(H3,14,15,16). The van der Waals surface area contributed by atoms with Crippen LogP contribution < -0.4 is 10.5 Å². The number of H-pyrrole nitrogens is 1. The van der Waals surface area contributed by atoms with Gasteiger partial charge in [-0.2, -0.15) is 9.49 Å². The summed E-state index contributed by atoms with van der Waals surface area (Å²) in [6, 6.07) is 2.77. The molecular formula is C11H11F2N3O. The van der Waals surface area contributed by atoms with Gasteiger partial charge in [0, 0.05) is 11.1 Å². The summed E-state index contributed by atoms with van der Waals surface area (Å²) in [6.45, 7) is 1.96. The van der Waals surface area contributed by atoms with Gasteiger partial charge in [-0.15, -0.1) is 0 Å². The molecule has 1 aromatic carbocycles. The largest absolute Gasteiger partial charge is 0.491 e. The Morgan fingerprint density at radius 2 is 2.06 bits per heavy atom. The number of nitrogens with two attached hydrogens (primary N) is 1. The van der Waals surface area contributed by atoms with Gasteiger partial charge >= 0.3 is 0 Å². The SMILES string of the molecule is CCOc1ccc(-c2cn[nH]c2N)c(F)c1F. The summed E-state index contributed by atoms with van der Waals surface area (Å²) in [5.41, 5.74) is 5.93. The summed E-state index contributed by atoms with van der Waals surface area (Å²) in [7, 11) is 0. The molecule has 0 aliphatic carbocycles. The molecule has 0 unspecified atom stereocenters. The van der Waals surface area contributed by atoms with Crippen molar-refractivity contribution in [2.75, 3.05) is 12.3 Å². The zero-order chi connectivity index (χ0) is 12.4. The first kappa shape index (κ1) is 11.4. The number of aromatic nitrogens is 2. The number of nitrogens with zero attached hydrogens (tertiary/aromatic N) is 1. The molecule has 1 aromatic heterocycles. The molecule has 0 aliphatic heterocycles. The highest BCUT2D eigenvalue weighted by Crippen LogP contribution is 2.31. The molecule has 0 spiro atoms. The summed E-state index contributed by atoms with van der Waals surface area (Å²) in [4.78, 5) is 0. The van der Waals surface area contributed by atoms with Crippen LogP contribution in [0.1, 0.15) is 6.92 Å². The van der Waals surface area contributed by atoms with Crippen LogP contribution in [0.3, 0.4) is 0 Å². The molecule has 0 fully saturated rings. The van der Waals surface area contributed by atoms with Gasteiger partial charge in [0.05, 0.1) is 12.8 Å². The lowest BCUT2D eigenvalue weighted by Crippen LogP contribution is -1.99. The van der Waals surface area contributed by atoms with Crippen LogP contribution in [0.25, 0.3) is 11.1 Å². The first-order valence-corrected chi connectivity index (χ1v) is 5.05. The molecule has 2 aromatic rings. The Morgan fingerprint density at radius 3 is 2.65 bits per heavy atom. The number of halogens is 2. The predicted octanol–water partition coefficient (Wildman–Crippen LogP) is 2.34. The van der Waals surface area contributed by atoms with Crippen molar-refractivity contribution in [1.82, 2.24) is 10.2 Å². The van der Waals surface area contributed by atoms with Gasteiger partial charge < -0.3 is 10.5 Å². The average molecular weight is 239 g/mol. The molecule has 0 atom stereocenters. The second kappa shape index (κ2) is 4.40. The Kier molecular flexibility index (Phi) is 2.95. The maximum absolute atomic E-state index is 13.8. The van der Waals surface area contributed by atoms with Crippen molar-refractivity contribution in [3.8, 4) is 16.9 Å². The molecule has 0 saturated carbocycles. The van der Waals surface area contributed by atoms with E-state index < -0.39 is 11.6 Å². The quantitative estimate of drug-likeness (QED) is 0.864. The lowest BCUT2D eigenvalue weighted by Gasteiger charge is -2.08. The number of ether oxygens (including phenoxy) is 1. The third kappa shape index (κ3) is 1.93. The third-order valence-corrected chi connectivity index (χ3v) is 2.31. The number of rotatable bonds is 3. The first-order chi connectivity index (χ1) is 8.15. The van der Waals surface area contributed by atoms with Crippen molar-refractivity contribution in [1.29, 1.82) is 0 Å². The number of anilines is 1. The van der Waals surface area contributed by atoms with Crippen molar-refractivity contribution in [2.45, 2.75) is 6.92 Å². The predicted molar refractivity (Wildman–Crippen MR) is 59.5 cm³/mol. The van der Waals surface area contributed by atoms with Crippen LogP contribution in [0.15, 0.2) is 18.3 Å². The van der Waals surface area contributed by atoms with Gasteiger partial charge in [0.25, 0.3) is 0 Å². The highest BCUT2D eigenvalue weighted by molar-refractivity contribution is 5.74. The van der Waals surface area contributed by atoms with E-state index in [1.807, 2.05) is 0 Å². The van der Waals surface area contributed by atoms with Crippen LogP contribution in [-0.4, -0.2) is 16.8 Å². The minimum absolute atomic E-state index is 0.0530. The van der Waals surface area contributed by atoms with Crippen molar-refractivity contribution in [2.24, 2.45) is 0 Å². The van der Waals surface area contributed by atoms with E-state index in [1.54, 1.807) is 6.92 Å². The van der Waals surface area contributed by atoms with Crippen LogP contribution in [0.2, 0.25) is 0 Å². The number of hydrogen-bond donors (Lipinski definition) is 2. The van der Waals surface area contributed by atoms with Crippen LogP contribution >= 0.6 is 0 Å². The van der Waals surface area contributed by atoms with Gasteiger partial charge in [-0.25, -0.2) is 4.39 Å². The minimum Gasteiger partial charge on any atom is -0.491 e. The Labute approximate surface area is 96.4 Å². The molecule has 90 valence electrons. The summed E-state index contributed by atoms with van der Waals surface area (Å²) < 4.78 is 32.3. The van der Waals surface area contributed by atoms with E-state index in [0.29, 0.717) is 5.56 Å². The summed E-state index contributed by atoms with van der Waals surface area (Å²) >= 11 is 0. The van der Waals surface area contributed by atoms with Gasteiger partial charge in [0.1, 0.15) is 5.82 Å². The molecule has 17 heavy (non-hydrogen) atoms. The van der Waals surface area contributed by atoms with E-state index in [2.05, 4.69) is 10.2 Å². The van der Waals surface area contributed by atoms with Gasteiger partial charge in [0.15, 0.2) is 11.6 Å². The Morgan fingerprint density at radius 1 is 1.29 bits per heavy atom. The monoisotopic (exact) mass is 239 g/mol. The van der Waals surface area contributed by atoms with Crippen LogP contribution in [0.4, 0.5) is 14.6 Å². The number of nitrogens with one attached hydrogen (secondary N) is 1. The van der Waals surface area contributed by atoms with Crippen LogP contribution in [-0.2, 0) is 0 Å². The maximum Gasteiger partial charge on any atom is 0.201 e. The van der Waals surface area contributed by atoms with E-state index in [0.717, 1.165) is 0 Å². The van der Waals surface area contributed by atoms with E-state index in [1.165, 1.54) is 18.3 Å². The fourth-order valence-corrected chi connectivity index (χ4v) is 1.52. The zero-order valence-electron chi connectivity index (χ0n) is 9.13. The van der Waals surface area contributed by atoms with Crippen molar-refractivity contribution in [3.05, 3.63) is 30.0 Å². The minimum atomic E-state index is -1.02. The summed E-state index contributed by atoms with van der Waals surface area (Å²) in [5.74, 6) is -1.95. The smallest absolute Gasteiger partial charge is 0.201 e. The molecule has 1 heterocycles. The van der Waals surface area contributed by atoms with Gasteiger partial charge in [-0.1, -0.05) is 0 Å². The normalized spacial score (nSPS) is 10.5. The first-order valence-electron chi connectivity index (χ1n) is 5.05. The average Bonchev–Trinajstić information content (AvgIpc) is 2.72. The second-order valence-corrected chi connectivity index (χ2v) is 3.37. The second-order valence-electron chi connectivity index (χ2n) is 3.37.